The second-order valence-electron chi connectivity index (χ2n) is 13.5. The Kier molecular flexibility index (Phi) is 12.6. The average molecular weight is 801 g/mol. The summed E-state index contributed by atoms with van der Waals surface area (Å²) in [6.07, 6.45) is -23.6. The SMILES string of the molecule is COc1cc(-c2cc(=O)c3c(O)cc(OC4OC(COC5OC(C)C(O)C(O)C5O)C(O)C(O)C4O)cc3o2)cc(OC)c1OC1OC(CO)C(O)C(O)C1O. The molecule has 0 aliphatic carbocycles. The van der Waals surface area contributed by atoms with E-state index in [4.69, 9.17) is 42.3 Å². The predicted octanol–water partition coefficient (Wildman–Crippen LogP) is -3.61. The lowest BCUT2D eigenvalue weighted by Gasteiger charge is -2.42. The molecule has 3 aliphatic heterocycles. The molecule has 2 aromatic carbocycles. The van der Waals surface area contributed by atoms with E-state index in [1.807, 2.05) is 0 Å². The van der Waals surface area contributed by atoms with Gasteiger partial charge in [0.15, 0.2) is 23.2 Å². The Labute approximate surface area is 316 Å². The van der Waals surface area contributed by atoms with Gasteiger partial charge in [-0.05, 0) is 19.1 Å². The molecule has 15 unspecified atom stereocenters. The fraction of sp³-hybridized carbons (Fsp3) is 0.571. The minimum absolute atomic E-state index is 0.0328. The van der Waals surface area contributed by atoms with Crippen molar-refractivity contribution in [2.75, 3.05) is 27.4 Å². The van der Waals surface area contributed by atoms with Gasteiger partial charge in [0, 0.05) is 23.8 Å². The van der Waals surface area contributed by atoms with Crippen LogP contribution in [0.5, 0.6) is 28.7 Å². The molecule has 4 heterocycles. The van der Waals surface area contributed by atoms with Crippen molar-refractivity contribution in [2.45, 2.75) is 99.0 Å². The van der Waals surface area contributed by atoms with Gasteiger partial charge in [-0.2, -0.15) is 0 Å². The fourth-order valence-electron chi connectivity index (χ4n) is 6.50. The van der Waals surface area contributed by atoms with E-state index in [9.17, 15) is 61.0 Å². The van der Waals surface area contributed by atoms with Gasteiger partial charge >= 0.3 is 0 Å². The van der Waals surface area contributed by atoms with Crippen LogP contribution in [0, 0.1) is 0 Å². The van der Waals surface area contributed by atoms with Crippen molar-refractivity contribution < 1.29 is 98.5 Å². The van der Waals surface area contributed by atoms with Gasteiger partial charge in [0.05, 0.1) is 33.5 Å². The van der Waals surface area contributed by atoms with Crippen molar-refractivity contribution in [3.63, 3.8) is 0 Å². The van der Waals surface area contributed by atoms with Crippen molar-refractivity contribution in [3.8, 4) is 40.1 Å². The summed E-state index contributed by atoms with van der Waals surface area (Å²) in [6.45, 7) is 0.186. The molecule has 3 fully saturated rings. The molecule has 56 heavy (non-hydrogen) atoms. The maximum Gasteiger partial charge on any atom is 0.229 e. The number of benzene rings is 2. The Morgan fingerprint density at radius 1 is 0.643 bits per heavy atom. The molecule has 0 bridgehead atoms. The lowest BCUT2D eigenvalue weighted by Crippen LogP contribution is -2.61. The first kappa shape index (κ1) is 41.7. The number of ether oxygens (including phenoxy) is 8. The first-order valence-electron chi connectivity index (χ1n) is 17.3. The van der Waals surface area contributed by atoms with Crippen LogP contribution in [0.3, 0.4) is 0 Å². The monoisotopic (exact) mass is 800 g/mol. The summed E-state index contributed by atoms with van der Waals surface area (Å²) in [7, 11) is 2.54. The lowest BCUT2D eigenvalue weighted by atomic mass is 9.98. The smallest absolute Gasteiger partial charge is 0.229 e. The van der Waals surface area contributed by atoms with Crippen LogP contribution in [0.15, 0.2) is 39.5 Å². The van der Waals surface area contributed by atoms with Crippen LogP contribution in [-0.4, -0.2) is 176 Å². The average Bonchev–Trinajstić information content (AvgIpc) is 3.18. The molecule has 310 valence electrons. The highest BCUT2D eigenvalue weighted by Gasteiger charge is 2.48. The van der Waals surface area contributed by atoms with E-state index in [2.05, 4.69) is 0 Å². The second-order valence-corrected chi connectivity index (χ2v) is 13.5. The van der Waals surface area contributed by atoms with Gasteiger partial charge in [-0.3, -0.25) is 4.79 Å². The third-order valence-electron chi connectivity index (χ3n) is 9.76. The lowest BCUT2D eigenvalue weighted by molar-refractivity contribution is -0.318. The standard InChI is InChI=1S/C35H44O21/c1-11-23(39)26(42)29(45)33(51-11)50-10-21-25(41)28(44)30(46)34(55-21)52-13-6-14(37)22-15(38)8-16(53-17(22)7-13)12-4-18(48-2)32(19(5-12)49-3)56-35-31(47)27(43)24(40)20(9-36)54-35/h4-8,11,20-21,23-31,33-37,39-47H,9-10H2,1-3H3. The second kappa shape index (κ2) is 16.9. The number of rotatable bonds is 11. The van der Waals surface area contributed by atoms with Crippen LogP contribution in [0.25, 0.3) is 22.3 Å². The summed E-state index contributed by atoms with van der Waals surface area (Å²) >= 11 is 0. The third kappa shape index (κ3) is 7.97. The molecule has 3 aliphatic rings. The highest BCUT2D eigenvalue weighted by Crippen LogP contribution is 2.44. The van der Waals surface area contributed by atoms with Gasteiger partial charge in [0.2, 0.25) is 18.3 Å². The largest absolute Gasteiger partial charge is 0.507 e. The molecule has 0 spiro atoms. The number of aliphatic hydroxyl groups excluding tert-OH is 10. The summed E-state index contributed by atoms with van der Waals surface area (Å²) in [5, 5.41) is 113. The Bertz CT molecular complexity index is 1860. The molecule has 3 saturated heterocycles. The first-order valence-corrected chi connectivity index (χ1v) is 17.3. The van der Waals surface area contributed by atoms with Crippen LogP contribution >= 0.6 is 0 Å². The molecule has 11 N–H and O–H groups in total. The highest BCUT2D eigenvalue weighted by molar-refractivity contribution is 5.86. The van der Waals surface area contributed by atoms with Gasteiger partial charge < -0.3 is 98.5 Å². The van der Waals surface area contributed by atoms with Gasteiger partial charge in [-0.1, -0.05) is 0 Å². The number of phenols is 1. The van der Waals surface area contributed by atoms with E-state index in [1.165, 1.54) is 39.3 Å². The summed E-state index contributed by atoms with van der Waals surface area (Å²) in [4.78, 5) is 13.3. The number of phenolic OH excluding ortho intramolecular Hbond substituents is 1. The van der Waals surface area contributed by atoms with Crippen LogP contribution in [0.4, 0.5) is 0 Å². The van der Waals surface area contributed by atoms with Crippen LogP contribution in [0.2, 0.25) is 0 Å². The molecule has 21 heteroatoms. The predicted molar refractivity (Wildman–Crippen MR) is 183 cm³/mol. The number of aliphatic hydroxyl groups is 10. The van der Waals surface area contributed by atoms with E-state index in [0.29, 0.717) is 0 Å². The molecule has 1 aromatic heterocycles. The van der Waals surface area contributed by atoms with Crippen molar-refractivity contribution in [3.05, 3.63) is 40.6 Å². The zero-order valence-corrected chi connectivity index (χ0v) is 30.0. The number of fused-ring (bicyclic) bond motifs is 1. The van der Waals surface area contributed by atoms with Crippen LogP contribution in [-0.2, 0) is 18.9 Å². The molecule has 0 amide bonds. The van der Waals surface area contributed by atoms with Gasteiger partial charge in [0.25, 0.3) is 0 Å². The Hall–Kier alpha value is -3.91. The summed E-state index contributed by atoms with van der Waals surface area (Å²) < 4.78 is 50.4. The van der Waals surface area contributed by atoms with E-state index in [1.54, 1.807) is 0 Å². The van der Waals surface area contributed by atoms with Gasteiger partial charge in [0.1, 0.15) is 95.4 Å². The quantitative estimate of drug-likeness (QED) is 0.0892. The molecule has 0 saturated carbocycles. The van der Waals surface area contributed by atoms with E-state index in [0.717, 1.165) is 12.1 Å². The van der Waals surface area contributed by atoms with E-state index < -0.39 is 117 Å². The molecule has 3 aromatic rings. The zero-order valence-electron chi connectivity index (χ0n) is 30.0. The summed E-state index contributed by atoms with van der Waals surface area (Å²) in [6, 6.07) is 6.01. The van der Waals surface area contributed by atoms with Crippen molar-refractivity contribution in [1.82, 2.24) is 0 Å². The van der Waals surface area contributed by atoms with Crippen LogP contribution in [0.1, 0.15) is 6.92 Å². The maximum absolute atomic E-state index is 13.3. The Morgan fingerprint density at radius 2 is 1.20 bits per heavy atom. The topological polar surface area (TPSA) is 327 Å². The molecule has 6 rings (SSSR count). The number of aromatic hydroxyl groups is 1. The zero-order chi connectivity index (χ0) is 40.7. The normalized spacial score (nSPS) is 36.3. The fourth-order valence-corrected chi connectivity index (χ4v) is 6.50. The van der Waals surface area contributed by atoms with Gasteiger partial charge in [-0.15, -0.1) is 0 Å². The summed E-state index contributed by atoms with van der Waals surface area (Å²) in [5.74, 6) is -1.10. The van der Waals surface area contributed by atoms with Crippen molar-refractivity contribution in [2.24, 2.45) is 0 Å². The third-order valence-corrected chi connectivity index (χ3v) is 9.76. The van der Waals surface area contributed by atoms with Crippen molar-refractivity contribution >= 4 is 11.0 Å². The Balaban J connectivity index is 1.25. The first-order chi connectivity index (χ1) is 26.6. The molecular formula is C35H44O21. The van der Waals surface area contributed by atoms with Gasteiger partial charge in [-0.25, -0.2) is 0 Å². The maximum atomic E-state index is 13.3. The number of methoxy groups -OCH3 is 2. The molecule has 15 atom stereocenters. The van der Waals surface area contributed by atoms with Crippen molar-refractivity contribution in [1.29, 1.82) is 0 Å². The Morgan fingerprint density at radius 3 is 1.80 bits per heavy atom. The van der Waals surface area contributed by atoms with Crippen LogP contribution < -0.4 is 24.4 Å². The van der Waals surface area contributed by atoms with E-state index in [-0.39, 0.29) is 45.3 Å². The minimum atomic E-state index is -1.85. The molecular weight excluding hydrogens is 756 g/mol. The number of hydrogen-bond acceptors (Lipinski definition) is 21. The number of hydrogen-bond donors (Lipinski definition) is 11. The molecule has 21 nitrogen and oxygen atoms in total. The summed E-state index contributed by atoms with van der Waals surface area (Å²) in [5.41, 5.74) is -0.737. The molecule has 0 radical (unpaired) electrons. The van der Waals surface area contributed by atoms with E-state index >= 15 is 0 Å². The minimum Gasteiger partial charge on any atom is -0.507 e. The highest BCUT2D eigenvalue weighted by atomic mass is 16.7.